The summed E-state index contributed by atoms with van der Waals surface area (Å²) < 4.78 is 5.53. The number of fused-ring (bicyclic) bond motifs is 1. The molecule has 1 atom stereocenters. The molecule has 0 saturated carbocycles. The summed E-state index contributed by atoms with van der Waals surface area (Å²) >= 11 is 0. The zero-order chi connectivity index (χ0) is 12.5. The summed E-state index contributed by atoms with van der Waals surface area (Å²) in [5, 5.41) is 4.77. The van der Waals surface area contributed by atoms with Gasteiger partial charge in [0.2, 0.25) is 0 Å². The van der Waals surface area contributed by atoms with E-state index in [0.29, 0.717) is 6.04 Å². The van der Waals surface area contributed by atoms with E-state index in [4.69, 9.17) is 4.42 Å². The lowest BCUT2D eigenvalue weighted by molar-refractivity contribution is 0.285. The van der Waals surface area contributed by atoms with Crippen LogP contribution < -0.4 is 5.32 Å². The highest BCUT2D eigenvalue weighted by atomic mass is 16.3. The molecular weight excluding hydrogens is 210 g/mol. The van der Waals surface area contributed by atoms with Crippen LogP contribution >= 0.6 is 0 Å². The van der Waals surface area contributed by atoms with E-state index in [1.54, 1.807) is 0 Å². The Bertz CT molecular complexity index is 493. The first-order valence-corrected chi connectivity index (χ1v) is 6.17. The fraction of sp³-hybridized carbons (Fsp3) is 0.467. The van der Waals surface area contributed by atoms with Gasteiger partial charge in [0, 0.05) is 23.5 Å². The average Bonchev–Trinajstić information content (AvgIpc) is 2.68. The molecule has 2 rings (SSSR count). The topological polar surface area (TPSA) is 25.2 Å². The van der Waals surface area contributed by atoms with Crippen molar-refractivity contribution in [3.8, 4) is 0 Å². The highest BCUT2D eigenvalue weighted by Gasteiger charge is 2.19. The Labute approximate surface area is 103 Å². The Morgan fingerprint density at radius 3 is 2.65 bits per heavy atom. The number of rotatable bonds is 3. The number of hydrogen-bond donors (Lipinski definition) is 1. The lowest BCUT2D eigenvalue weighted by Crippen LogP contribution is -2.37. The average molecular weight is 231 g/mol. The molecule has 0 aliphatic heterocycles. The number of benzene rings is 1. The third kappa shape index (κ3) is 2.70. The molecule has 0 fully saturated rings. The Morgan fingerprint density at radius 2 is 1.94 bits per heavy atom. The molecule has 0 saturated heterocycles. The van der Waals surface area contributed by atoms with Crippen LogP contribution in [0.2, 0.25) is 0 Å². The summed E-state index contributed by atoms with van der Waals surface area (Å²) in [6.07, 6.45) is 1.85. The molecule has 0 spiro atoms. The van der Waals surface area contributed by atoms with Crippen LogP contribution in [-0.4, -0.2) is 6.04 Å². The van der Waals surface area contributed by atoms with Crippen LogP contribution in [0.1, 0.15) is 33.3 Å². The van der Waals surface area contributed by atoms with Gasteiger partial charge in [0.05, 0.1) is 6.26 Å². The van der Waals surface area contributed by atoms with Gasteiger partial charge >= 0.3 is 0 Å². The normalized spacial score (nSPS) is 14.1. The van der Waals surface area contributed by atoms with Gasteiger partial charge in [0.15, 0.2) is 0 Å². The SMILES string of the molecule is CC(NCc1coc2ccccc12)C(C)(C)C. The lowest BCUT2D eigenvalue weighted by Gasteiger charge is -2.28. The molecule has 0 aliphatic carbocycles. The van der Waals surface area contributed by atoms with Crippen molar-refractivity contribution in [3.63, 3.8) is 0 Å². The van der Waals surface area contributed by atoms with Gasteiger partial charge in [-0.05, 0) is 18.4 Å². The van der Waals surface area contributed by atoms with Crippen molar-refractivity contribution in [2.45, 2.75) is 40.3 Å². The van der Waals surface area contributed by atoms with E-state index < -0.39 is 0 Å². The molecule has 2 aromatic rings. The van der Waals surface area contributed by atoms with Gasteiger partial charge < -0.3 is 9.73 Å². The standard InChI is InChI=1S/C15H21NO/c1-11(15(2,3)4)16-9-12-10-17-14-8-6-5-7-13(12)14/h5-8,10-11,16H,9H2,1-4H3. The number of furan rings is 1. The van der Waals surface area contributed by atoms with Crippen LogP contribution in [0.4, 0.5) is 0 Å². The van der Waals surface area contributed by atoms with Crippen LogP contribution in [-0.2, 0) is 6.54 Å². The molecule has 2 nitrogen and oxygen atoms in total. The molecule has 92 valence electrons. The molecule has 1 N–H and O–H groups in total. The van der Waals surface area contributed by atoms with Gasteiger partial charge in [-0.25, -0.2) is 0 Å². The van der Waals surface area contributed by atoms with Gasteiger partial charge in [-0.3, -0.25) is 0 Å². The first-order chi connectivity index (χ1) is 7.98. The Hall–Kier alpha value is -1.28. The summed E-state index contributed by atoms with van der Waals surface area (Å²) in [5.74, 6) is 0. The molecule has 0 amide bonds. The van der Waals surface area contributed by atoms with E-state index in [2.05, 4.69) is 45.1 Å². The van der Waals surface area contributed by atoms with E-state index in [1.165, 1.54) is 10.9 Å². The molecule has 1 unspecified atom stereocenters. The zero-order valence-electron chi connectivity index (χ0n) is 11.1. The smallest absolute Gasteiger partial charge is 0.134 e. The van der Waals surface area contributed by atoms with E-state index >= 15 is 0 Å². The number of para-hydroxylation sites is 1. The minimum Gasteiger partial charge on any atom is -0.464 e. The van der Waals surface area contributed by atoms with Crippen LogP contribution in [0, 0.1) is 5.41 Å². The third-order valence-electron chi connectivity index (χ3n) is 3.46. The second-order valence-electron chi connectivity index (χ2n) is 5.73. The summed E-state index contributed by atoms with van der Waals surface area (Å²) in [4.78, 5) is 0. The molecule has 0 bridgehead atoms. The van der Waals surface area contributed by atoms with E-state index in [-0.39, 0.29) is 5.41 Å². The molecule has 1 aromatic heterocycles. The second-order valence-corrected chi connectivity index (χ2v) is 5.73. The fourth-order valence-corrected chi connectivity index (χ4v) is 1.74. The van der Waals surface area contributed by atoms with Crippen molar-refractivity contribution < 1.29 is 4.42 Å². The first-order valence-electron chi connectivity index (χ1n) is 6.17. The van der Waals surface area contributed by atoms with E-state index in [9.17, 15) is 0 Å². The number of nitrogens with one attached hydrogen (secondary N) is 1. The maximum Gasteiger partial charge on any atom is 0.134 e. The Balaban J connectivity index is 2.09. The van der Waals surface area contributed by atoms with Crippen molar-refractivity contribution in [1.29, 1.82) is 0 Å². The predicted molar refractivity (Wildman–Crippen MR) is 72.0 cm³/mol. The van der Waals surface area contributed by atoms with Crippen molar-refractivity contribution in [2.24, 2.45) is 5.41 Å². The first kappa shape index (κ1) is 12.2. The molecular formula is C15H21NO. The second kappa shape index (κ2) is 4.53. The quantitative estimate of drug-likeness (QED) is 0.865. The van der Waals surface area contributed by atoms with Gasteiger partial charge in [-0.15, -0.1) is 0 Å². The Kier molecular flexibility index (Phi) is 3.25. The molecule has 17 heavy (non-hydrogen) atoms. The van der Waals surface area contributed by atoms with Crippen molar-refractivity contribution in [1.82, 2.24) is 5.32 Å². The largest absolute Gasteiger partial charge is 0.464 e. The molecule has 1 heterocycles. The molecule has 0 radical (unpaired) electrons. The van der Waals surface area contributed by atoms with Crippen LogP contribution in [0.15, 0.2) is 34.9 Å². The van der Waals surface area contributed by atoms with Crippen molar-refractivity contribution >= 4 is 11.0 Å². The van der Waals surface area contributed by atoms with Crippen molar-refractivity contribution in [2.75, 3.05) is 0 Å². The maximum atomic E-state index is 5.53. The molecule has 1 aromatic carbocycles. The lowest BCUT2D eigenvalue weighted by atomic mass is 9.88. The highest BCUT2D eigenvalue weighted by molar-refractivity contribution is 5.80. The summed E-state index contributed by atoms with van der Waals surface area (Å²) in [6, 6.07) is 8.63. The van der Waals surface area contributed by atoms with Gasteiger partial charge in [0.25, 0.3) is 0 Å². The zero-order valence-corrected chi connectivity index (χ0v) is 11.1. The minimum absolute atomic E-state index is 0.277. The van der Waals surface area contributed by atoms with Crippen LogP contribution in [0.25, 0.3) is 11.0 Å². The van der Waals surface area contributed by atoms with Gasteiger partial charge in [-0.1, -0.05) is 39.0 Å². The minimum atomic E-state index is 0.277. The summed E-state index contributed by atoms with van der Waals surface area (Å²) in [7, 11) is 0. The molecule has 0 aliphatic rings. The predicted octanol–water partition coefficient (Wildman–Crippen LogP) is 3.96. The summed E-state index contributed by atoms with van der Waals surface area (Å²) in [6.45, 7) is 9.83. The summed E-state index contributed by atoms with van der Waals surface area (Å²) in [5.41, 5.74) is 2.48. The van der Waals surface area contributed by atoms with Crippen LogP contribution in [0.3, 0.4) is 0 Å². The third-order valence-corrected chi connectivity index (χ3v) is 3.46. The van der Waals surface area contributed by atoms with Gasteiger partial charge in [-0.2, -0.15) is 0 Å². The van der Waals surface area contributed by atoms with Crippen molar-refractivity contribution in [3.05, 3.63) is 36.1 Å². The highest BCUT2D eigenvalue weighted by Crippen LogP contribution is 2.22. The Morgan fingerprint density at radius 1 is 1.24 bits per heavy atom. The maximum absolute atomic E-state index is 5.53. The number of hydrogen-bond acceptors (Lipinski definition) is 2. The van der Waals surface area contributed by atoms with Gasteiger partial charge in [0.1, 0.15) is 5.58 Å². The van der Waals surface area contributed by atoms with E-state index in [1.807, 2.05) is 18.4 Å². The monoisotopic (exact) mass is 231 g/mol. The fourth-order valence-electron chi connectivity index (χ4n) is 1.74. The van der Waals surface area contributed by atoms with E-state index in [0.717, 1.165) is 12.1 Å². The molecule has 2 heteroatoms. The van der Waals surface area contributed by atoms with Crippen LogP contribution in [0.5, 0.6) is 0 Å².